The van der Waals surface area contributed by atoms with Crippen LogP contribution in [0.4, 0.5) is 10.5 Å². The van der Waals surface area contributed by atoms with Crippen LogP contribution in [-0.4, -0.2) is 39.6 Å². The molecule has 0 unspecified atom stereocenters. The minimum atomic E-state index is -1.17. The van der Waals surface area contributed by atoms with Crippen molar-refractivity contribution in [2.24, 2.45) is 0 Å². The number of carboxylic acid groups (broad SMARTS) is 1. The lowest BCUT2D eigenvalue weighted by Crippen LogP contribution is -2.36. The maximum Gasteiger partial charge on any atom is 0.337 e. The minimum Gasteiger partial charge on any atom is -0.478 e. The Morgan fingerprint density at radius 2 is 1.91 bits per heavy atom. The second kappa shape index (κ2) is 9.58. The zero-order valence-corrected chi connectivity index (χ0v) is 19.3. The van der Waals surface area contributed by atoms with Crippen LogP contribution in [0.5, 0.6) is 0 Å². The maximum absolute atomic E-state index is 12.7. The number of nitrogens with one attached hydrogen (secondary N) is 1. The number of nitrogens with zero attached hydrogens (tertiary/aromatic N) is 1. The number of carbonyl (C=O) groups excluding carboxylic acids is 3. The molecule has 4 rings (SSSR count). The van der Waals surface area contributed by atoms with Crippen LogP contribution in [0.2, 0.25) is 5.02 Å². The lowest BCUT2D eigenvalue weighted by atomic mass is 10.1. The number of halogens is 1. The van der Waals surface area contributed by atoms with Crippen molar-refractivity contribution in [1.29, 1.82) is 0 Å². The van der Waals surface area contributed by atoms with Crippen molar-refractivity contribution in [3.63, 3.8) is 0 Å². The zero-order valence-electron chi connectivity index (χ0n) is 17.7. The number of rotatable bonds is 6. The summed E-state index contributed by atoms with van der Waals surface area (Å²) < 4.78 is 5.71. The SMILES string of the molecule is Cc1ccccc1NC(=O)CN1C(=O)S/C(=C/c2ccc(-c3ccc(Cl)c(C(=O)O)c3)o2)C1=O. The molecule has 0 spiro atoms. The number of aryl methyl sites for hydroxylation is 1. The number of para-hydroxylation sites is 1. The predicted molar refractivity (Wildman–Crippen MR) is 129 cm³/mol. The molecule has 3 aromatic rings. The summed E-state index contributed by atoms with van der Waals surface area (Å²) in [7, 11) is 0. The van der Waals surface area contributed by atoms with Crippen LogP contribution < -0.4 is 5.32 Å². The predicted octanol–water partition coefficient (Wildman–Crippen LogP) is 5.28. The van der Waals surface area contributed by atoms with Gasteiger partial charge in [-0.1, -0.05) is 29.8 Å². The van der Waals surface area contributed by atoms with Gasteiger partial charge in [0.2, 0.25) is 5.91 Å². The van der Waals surface area contributed by atoms with Gasteiger partial charge >= 0.3 is 5.97 Å². The smallest absolute Gasteiger partial charge is 0.337 e. The molecule has 8 nitrogen and oxygen atoms in total. The van der Waals surface area contributed by atoms with Gasteiger partial charge in [0.25, 0.3) is 11.1 Å². The lowest BCUT2D eigenvalue weighted by Gasteiger charge is -2.13. The van der Waals surface area contributed by atoms with Gasteiger partial charge in [0, 0.05) is 17.3 Å². The molecule has 2 heterocycles. The normalized spacial score (nSPS) is 14.6. The molecule has 2 N–H and O–H groups in total. The Kier molecular flexibility index (Phi) is 6.58. The van der Waals surface area contributed by atoms with Gasteiger partial charge in [0.1, 0.15) is 18.1 Å². The molecule has 0 atom stereocenters. The Bertz CT molecular complexity index is 1360. The van der Waals surface area contributed by atoms with Crippen molar-refractivity contribution in [2.45, 2.75) is 6.92 Å². The van der Waals surface area contributed by atoms with Crippen molar-refractivity contribution in [3.8, 4) is 11.3 Å². The second-order valence-corrected chi connectivity index (χ2v) is 8.73. The summed E-state index contributed by atoms with van der Waals surface area (Å²) in [5, 5.41) is 11.5. The monoisotopic (exact) mass is 496 g/mol. The van der Waals surface area contributed by atoms with E-state index in [1.165, 1.54) is 18.2 Å². The van der Waals surface area contributed by atoms with Crippen LogP contribution in [-0.2, 0) is 9.59 Å². The van der Waals surface area contributed by atoms with Crippen molar-refractivity contribution in [2.75, 3.05) is 11.9 Å². The molecule has 2 aromatic carbocycles. The summed E-state index contributed by atoms with van der Waals surface area (Å²) in [5.74, 6) is -1.61. The van der Waals surface area contributed by atoms with Crippen molar-refractivity contribution < 1.29 is 28.7 Å². The van der Waals surface area contributed by atoms with E-state index in [1.54, 1.807) is 30.3 Å². The van der Waals surface area contributed by atoms with E-state index in [0.29, 0.717) is 28.8 Å². The summed E-state index contributed by atoms with van der Waals surface area (Å²) in [6.07, 6.45) is 1.40. The average Bonchev–Trinajstić information content (AvgIpc) is 3.36. The molecular weight excluding hydrogens is 480 g/mol. The van der Waals surface area contributed by atoms with Gasteiger partial charge in [-0.2, -0.15) is 0 Å². The minimum absolute atomic E-state index is 0.0674. The van der Waals surface area contributed by atoms with Crippen LogP contribution in [0.1, 0.15) is 21.7 Å². The Morgan fingerprint density at radius 3 is 2.65 bits per heavy atom. The lowest BCUT2D eigenvalue weighted by molar-refractivity contribution is -0.127. The van der Waals surface area contributed by atoms with Crippen LogP contribution >= 0.6 is 23.4 Å². The highest BCUT2D eigenvalue weighted by molar-refractivity contribution is 8.18. The fourth-order valence-corrected chi connectivity index (χ4v) is 4.26. The molecule has 1 fully saturated rings. The van der Waals surface area contributed by atoms with Gasteiger partial charge in [-0.05, 0) is 60.6 Å². The van der Waals surface area contributed by atoms with Gasteiger partial charge in [-0.3, -0.25) is 19.3 Å². The molecule has 3 amide bonds. The highest BCUT2D eigenvalue weighted by Gasteiger charge is 2.36. The van der Waals surface area contributed by atoms with Gasteiger partial charge in [0.15, 0.2) is 0 Å². The Balaban J connectivity index is 1.48. The van der Waals surface area contributed by atoms with Gasteiger partial charge < -0.3 is 14.8 Å². The first-order valence-corrected chi connectivity index (χ1v) is 11.2. The Morgan fingerprint density at radius 1 is 1.15 bits per heavy atom. The summed E-state index contributed by atoms with van der Waals surface area (Å²) in [5.41, 5.74) is 1.88. The fourth-order valence-electron chi connectivity index (χ4n) is 3.24. The molecule has 34 heavy (non-hydrogen) atoms. The van der Waals surface area contributed by atoms with Crippen LogP contribution in [0.25, 0.3) is 17.4 Å². The topological polar surface area (TPSA) is 117 Å². The molecular formula is C24H17ClN2O6S. The molecule has 0 radical (unpaired) electrons. The van der Waals surface area contributed by atoms with E-state index >= 15 is 0 Å². The standard InChI is InChI=1S/C24H17ClN2O6S/c1-13-4-2-3-5-18(13)26-21(28)12-27-22(29)20(34-24(27)32)11-15-7-9-19(33-15)14-6-8-17(25)16(10-14)23(30)31/h2-11H,12H2,1H3,(H,26,28)(H,30,31)/b20-11+. The highest BCUT2D eigenvalue weighted by Crippen LogP contribution is 2.34. The van der Waals surface area contributed by atoms with Crippen molar-refractivity contribution >= 4 is 58.1 Å². The maximum atomic E-state index is 12.7. The molecule has 172 valence electrons. The largest absolute Gasteiger partial charge is 0.478 e. The third-order valence-corrected chi connectivity index (χ3v) is 6.21. The van der Waals surface area contributed by atoms with Crippen LogP contribution in [0.15, 0.2) is 63.9 Å². The Hall–Kier alpha value is -3.82. The molecule has 0 bridgehead atoms. The Labute approximate surface area is 203 Å². The number of anilines is 1. The quantitative estimate of drug-likeness (QED) is 0.446. The molecule has 10 heteroatoms. The third kappa shape index (κ3) is 4.90. The number of hydrogen-bond donors (Lipinski definition) is 2. The molecule has 1 aliphatic heterocycles. The number of carbonyl (C=O) groups is 4. The first-order valence-electron chi connectivity index (χ1n) is 9.97. The average molecular weight is 497 g/mol. The molecule has 1 saturated heterocycles. The molecule has 0 saturated carbocycles. The first kappa shape index (κ1) is 23.3. The van der Waals surface area contributed by atoms with Gasteiger partial charge in [-0.25, -0.2) is 4.79 Å². The van der Waals surface area contributed by atoms with E-state index in [-0.39, 0.29) is 21.3 Å². The van der Waals surface area contributed by atoms with E-state index in [0.717, 1.165) is 10.5 Å². The van der Waals surface area contributed by atoms with Gasteiger partial charge in [0.05, 0.1) is 15.5 Å². The summed E-state index contributed by atoms with van der Waals surface area (Å²) in [6.45, 7) is 1.42. The second-order valence-electron chi connectivity index (χ2n) is 7.33. The number of hydrogen-bond acceptors (Lipinski definition) is 6. The summed E-state index contributed by atoms with van der Waals surface area (Å²) in [4.78, 5) is 49.7. The molecule has 1 aliphatic rings. The van der Waals surface area contributed by atoms with Crippen molar-refractivity contribution in [1.82, 2.24) is 4.90 Å². The summed E-state index contributed by atoms with van der Waals surface area (Å²) >= 11 is 6.61. The summed E-state index contributed by atoms with van der Waals surface area (Å²) in [6, 6.07) is 14.8. The number of benzene rings is 2. The zero-order chi connectivity index (χ0) is 24.4. The number of furan rings is 1. The van der Waals surface area contributed by atoms with E-state index in [1.807, 2.05) is 19.1 Å². The number of carboxylic acids is 1. The van der Waals surface area contributed by atoms with Gasteiger partial charge in [-0.15, -0.1) is 0 Å². The van der Waals surface area contributed by atoms with Crippen LogP contribution in [0.3, 0.4) is 0 Å². The van der Waals surface area contributed by atoms with Crippen LogP contribution in [0, 0.1) is 6.92 Å². The molecule has 1 aromatic heterocycles. The van der Waals surface area contributed by atoms with E-state index < -0.39 is 29.6 Å². The number of amides is 3. The fraction of sp³-hybridized carbons (Fsp3) is 0.0833. The highest BCUT2D eigenvalue weighted by atomic mass is 35.5. The third-order valence-electron chi connectivity index (χ3n) is 4.98. The van der Waals surface area contributed by atoms with Crippen molar-refractivity contribution in [3.05, 3.63) is 81.4 Å². The number of aromatic carboxylic acids is 1. The first-order chi connectivity index (χ1) is 16.2. The number of imide groups is 1. The number of thioether (sulfide) groups is 1. The van der Waals surface area contributed by atoms with E-state index in [2.05, 4.69) is 5.32 Å². The molecule has 0 aliphatic carbocycles. The van der Waals surface area contributed by atoms with E-state index in [9.17, 15) is 24.3 Å². The van der Waals surface area contributed by atoms with E-state index in [4.69, 9.17) is 16.0 Å².